The van der Waals surface area contributed by atoms with Crippen LogP contribution < -0.4 is 4.74 Å². The quantitative estimate of drug-likeness (QED) is 0.688. The molecular formula is C24H30ClN3O3. The molecule has 1 amide bonds. The minimum absolute atomic E-state index is 0.0376. The van der Waals surface area contributed by atoms with E-state index in [4.69, 9.17) is 16.3 Å². The molecular weight excluding hydrogens is 414 g/mol. The van der Waals surface area contributed by atoms with Crippen molar-refractivity contribution >= 4 is 17.5 Å². The second-order valence-corrected chi connectivity index (χ2v) is 9.19. The number of nitrogens with zero attached hydrogens (tertiary/aromatic N) is 3. The molecule has 1 N–H and O–H groups in total. The highest BCUT2D eigenvalue weighted by atomic mass is 35.5. The van der Waals surface area contributed by atoms with Crippen molar-refractivity contribution in [1.82, 2.24) is 14.8 Å². The molecule has 2 bridgehead atoms. The van der Waals surface area contributed by atoms with E-state index < -0.39 is 6.10 Å². The molecule has 4 rings (SSSR count). The van der Waals surface area contributed by atoms with Crippen molar-refractivity contribution in [2.75, 3.05) is 19.7 Å². The predicted molar refractivity (Wildman–Crippen MR) is 121 cm³/mol. The van der Waals surface area contributed by atoms with E-state index in [2.05, 4.69) is 36.7 Å². The molecule has 0 saturated carbocycles. The number of pyridine rings is 1. The van der Waals surface area contributed by atoms with Crippen molar-refractivity contribution in [2.24, 2.45) is 0 Å². The number of carbonyl (C=O) groups excluding carboxylic acids is 1. The van der Waals surface area contributed by atoms with Gasteiger partial charge < -0.3 is 14.7 Å². The molecule has 2 aromatic rings. The fourth-order valence-electron chi connectivity index (χ4n) is 4.90. The Labute approximate surface area is 188 Å². The van der Waals surface area contributed by atoms with E-state index in [-0.39, 0.29) is 24.6 Å². The summed E-state index contributed by atoms with van der Waals surface area (Å²) in [6, 6.07) is 8.40. The van der Waals surface area contributed by atoms with Crippen LogP contribution in [0.3, 0.4) is 0 Å². The first-order valence-corrected chi connectivity index (χ1v) is 11.2. The first kappa shape index (κ1) is 22.1. The number of ether oxygens (including phenoxy) is 1. The number of hydrogen-bond acceptors (Lipinski definition) is 5. The number of aliphatic hydroxyl groups is 1. The lowest BCUT2D eigenvalue weighted by Gasteiger charge is -2.38. The molecule has 166 valence electrons. The van der Waals surface area contributed by atoms with E-state index in [0.717, 1.165) is 30.8 Å². The normalized spacial score (nSPS) is 22.6. The van der Waals surface area contributed by atoms with E-state index in [1.165, 1.54) is 11.1 Å². The number of aromatic nitrogens is 1. The second-order valence-electron chi connectivity index (χ2n) is 8.81. The number of halogens is 1. The van der Waals surface area contributed by atoms with E-state index >= 15 is 0 Å². The van der Waals surface area contributed by atoms with Crippen LogP contribution in [-0.4, -0.2) is 63.7 Å². The largest absolute Gasteiger partial charge is 0.491 e. The van der Waals surface area contributed by atoms with Crippen molar-refractivity contribution in [3.05, 3.63) is 57.9 Å². The summed E-state index contributed by atoms with van der Waals surface area (Å²) >= 11 is 5.85. The highest BCUT2D eigenvalue weighted by molar-refractivity contribution is 6.29. The van der Waals surface area contributed by atoms with Gasteiger partial charge in [0, 0.05) is 37.4 Å². The van der Waals surface area contributed by atoms with Crippen LogP contribution in [0, 0.1) is 13.8 Å². The van der Waals surface area contributed by atoms with Gasteiger partial charge in [0.15, 0.2) is 0 Å². The molecule has 4 atom stereocenters. The molecule has 0 aliphatic carbocycles. The summed E-state index contributed by atoms with van der Waals surface area (Å²) in [6.07, 6.45) is 2.07. The first-order chi connectivity index (χ1) is 14.8. The number of amides is 1. The third kappa shape index (κ3) is 4.29. The Morgan fingerprint density at radius 2 is 1.97 bits per heavy atom. The Kier molecular flexibility index (Phi) is 6.24. The van der Waals surface area contributed by atoms with Crippen molar-refractivity contribution in [3.63, 3.8) is 0 Å². The van der Waals surface area contributed by atoms with Gasteiger partial charge in [0.1, 0.15) is 17.5 Å². The second kappa shape index (κ2) is 8.77. The average Bonchev–Trinajstić information content (AvgIpc) is 3.35. The Balaban J connectivity index is 1.45. The van der Waals surface area contributed by atoms with Crippen LogP contribution in [0.25, 0.3) is 0 Å². The minimum atomic E-state index is -0.493. The fraction of sp³-hybridized carbons (Fsp3) is 0.500. The molecule has 3 heterocycles. The standard InChI is InChI=1S/C24H30ClN3O3/c1-14(29)13-31-22-7-6-21(15(2)16(22)3)17(4)27-11-20-9-19(27)12-28(20)24(30)18-5-8-23(25)26-10-18/h5-8,10,14,17,19-20,29H,9,11-13H2,1-4H3/t14-,17-,19+,20+/m0/s1. The summed E-state index contributed by atoms with van der Waals surface area (Å²) in [4.78, 5) is 21.5. The van der Waals surface area contributed by atoms with Gasteiger partial charge in [0.2, 0.25) is 0 Å². The van der Waals surface area contributed by atoms with Gasteiger partial charge in [-0.3, -0.25) is 9.69 Å². The number of carbonyl (C=O) groups is 1. The number of piperazine rings is 1. The monoisotopic (exact) mass is 443 g/mol. The molecule has 0 radical (unpaired) electrons. The van der Waals surface area contributed by atoms with E-state index in [9.17, 15) is 9.90 Å². The SMILES string of the molecule is Cc1c(OC[C@H](C)O)ccc([C@H](C)N2C[C@H]3C[C@@H]2CN3C(=O)c2ccc(Cl)nc2)c1C. The first-order valence-electron chi connectivity index (χ1n) is 10.9. The summed E-state index contributed by atoms with van der Waals surface area (Å²) < 4.78 is 5.76. The number of fused-ring (bicyclic) bond motifs is 2. The highest BCUT2D eigenvalue weighted by Crippen LogP contribution is 2.39. The topological polar surface area (TPSA) is 65.9 Å². The maximum Gasteiger partial charge on any atom is 0.255 e. The Morgan fingerprint density at radius 1 is 1.19 bits per heavy atom. The summed E-state index contributed by atoms with van der Waals surface area (Å²) in [5, 5.41) is 9.89. The summed E-state index contributed by atoms with van der Waals surface area (Å²) in [5.41, 5.74) is 4.21. The molecule has 2 aliphatic heterocycles. The highest BCUT2D eigenvalue weighted by Gasteiger charge is 2.47. The van der Waals surface area contributed by atoms with Crippen LogP contribution in [-0.2, 0) is 0 Å². The number of hydrogen-bond donors (Lipinski definition) is 1. The lowest BCUT2D eigenvalue weighted by Crippen LogP contribution is -2.49. The Hall–Kier alpha value is -2.15. The zero-order chi connectivity index (χ0) is 22.3. The zero-order valence-electron chi connectivity index (χ0n) is 18.5. The zero-order valence-corrected chi connectivity index (χ0v) is 19.3. The van der Waals surface area contributed by atoms with Crippen molar-refractivity contribution in [2.45, 2.75) is 58.3 Å². The number of likely N-dealkylation sites (tertiary alicyclic amines) is 2. The molecule has 7 heteroatoms. The summed E-state index contributed by atoms with van der Waals surface area (Å²) in [5.74, 6) is 0.862. The van der Waals surface area contributed by atoms with Crippen LogP contribution in [0.2, 0.25) is 5.15 Å². The van der Waals surface area contributed by atoms with Gasteiger partial charge >= 0.3 is 0 Å². The molecule has 2 saturated heterocycles. The molecule has 1 aromatic carbocycles. The minimum Gasteiger partial charge on any atom is -0.491 e. The number of rotatable bonds is 6. The van der Waals surface area contributed by atoms with E-state index in [0.29, 0.717) is 16.8 Å². The van der Waals surface area contributed by atoms with Crippen LogP contribution in [0.4, 0.5) is 0 Å². The van der Waals surface area contributed by atoms with Crippen LogP contribution in [0.5, 0.6) is 5.75 Å². The van der Waals surface area contributed by atoms with Gasteiger partial charge in [-0.1, -0.05) is 17.7 Å². The van der Waals surface area contributed by atoms with Gasteiger partial charge in [-0.15, -0.1) is 0 Å². The van der Waals surface area contributed by atoms with Gasteiger partial charge in [-0.2, -0.15) is 0 Å². The number of benzene rings is 1. The average molecular weight is 444 g/mol. The van der Waals surface area contributed by atoms with Gasteiger partial charge in [-0.05, 0) is 69.0 Å². The van der Waals surface area contributed by atoms with E-state index in [1.54, 1.807) is 25.3 Å². The Morgan fingerprint density at radius 3 is 2.58 bits per heavy atom. The lowest BCUT2D eigenvalue weighted by atomic mass is 9.96. The molecule has 1 aromatic heterocycles. The lowest BCUT2D eigenvalue weighted by molar-refractivity contribution is 0.0568. The van der Waals surface area contributed by atoms with Gasteiger partial charge in [0.25, 0.3) is 5.91 Å². The van der Waals surface area contributed by atoms with Crippen molar-refractivity contribution in [3.8, 4) is 5.75 Å². The molecule has 2 aliphatic rings. The molecule has 6 nitrogen and oxygen atoms in total. The van der Waals surface area contributed by atoms with Crippen LogP contribution >= 0.6 is 11.6 Å². The van der Waals surface area contributed by atoms with Crippen molar-refractivity contribution in [1.29, 1.82) is 0 Å². The van der Waals surface area contributed by atoms with Gasteiger partial charge in [0.05, 0.1) is 11.7 Å². The maximum atomic E-state index is 12.9. The fourth-order valence-corrected chi connectivity index (χ4v) is 5.02. The molecule has 0 unspecified atom stereocenters. The third-order valence-corrected chi connectivity index (χ3v) is 6.95. The predicted octanol–water partition coefficient (Wildman–Crippen LogP) is 3.77. The number of aliphatic hydroxyl groups excluding tert-OH is 1. The van der Waals surface area contributed by atoms with Crippen LogP contribution in [0.1, 0.15) is 53.4 Å². The summed E-state index contributed by atoms with van der Waals surface area (Å²) in [6.45, 7) is 10.1. The smallest absolute Gasteiger partial charge is 0.255 e. The molecule has 0 spiro atoms. The van der Waals surface area contributed by atoms with E-state index in [1.807, 2.05) is 11.0 Å². The van der Waals surface area contributed by atoms with Gasteiger partial charge in [-0.25, -0.2) is 4.98 Å². The molecule has 31 heavy (non-hydrogen) atoms. The third-order valence-electron chi connectivity index (χ3n) is 6.73. The maximum absolute atomic E-state index is 12.9. The van der Waals surface area contributed by atoms with Crippen LogP contribution in [0.15, 0.2) is 30.5 Å². The Bertz CT molecular complexity index is 963. The molecule has 2 fully saturated rings. The van der Waals surface area contributed by atoms with Crippen molar-refractivity contribution < 1.29 is 14.6 Å². The summed E-state index contributed by atoms with van der Waals surface area (Å²) in [7, 11) is 0.